The third-order valence-corrected chi connectivity index (χ3v) is 6.88. The molecule has 0 heterocycles. The number of phenolic OH excluding ortho intramolecular Hbond substituents is 2. The molecular formula is C33H22O10. The highest BCUT2D eigenvalue weighted by Gasteiger charge is 2.46. The number of rotatable bonds is 8. The fraction of sp³-hybridized carbons (Fsp3) is 0.0303. The van der Waals surface area contributed by atoms with Gasteiger partial charge in [-0.3, -0.25) is 0 Å². The third kappa shape index (κ3) is 5.32. The van der Waals surface area contributed by atoms with Gasteiger partial charge in [0.05, 0.1) is 5.41 Å². The number of carboxylic acid groups (broad SMARTS) is 2. The predicted molar refractivity (Wildman–Crippen MR) is 152 cm³/mol. The molecule has 0 fully saturated rings. The van der Waals surface area contributed by atoms with Crippen LogP contribution < -0.4 is 9.47 Å². The molecular weight excluding hydrogens is 556 g/mol. The third-order valence-electron chi connectivity index (χ3n) is 6.88. The number of hydrogen-bond donors (Lipinski definition) is 4. The molecule has 4 aromatic carbocycles. The second kappa shape index (κ2) is 11.4. The first kappa shape index (κ1) is 28.4. The summed E-state index contributed by atoms with van der Waals surface area (Å²) in [7, 11) is 0. The van der Waals surface area contributed by atoms with Crippen LogP contribution in [0.1, 0.15) is 22.3 Å². The lowest BCUT2D eigenvalue weighted by Gasteiger charge is -2.34. The van der Waals surface area contributed by atoms with Crippen LogP contribution in [0, 0.1) is 0 Å². The Kier molecular flexibility index (Phi) is 7.51. The van der Waals surface area contributed by atoms with Crippen LogP contribution in [0.15, 0.2) is 109 Å². The van der Waals surface area contributed by atoms with Crippen molar-refractivity contribution in [2.45, 2.75) is 5.41 Å². The first-order valence-electron chi connectivity index (χ1n) is 12.7. The van der Waals surface area contributed by atoms with Crippen LogP contribution in [0.4, 0.5) is 0 Å². The van der Waals surface area contributed by atoms with E-state index in [9.17, 15) is 29.4 Å². The Morgan fingerprint density at radius 3 is 1.58 bits per heavy atom. The highest BCUT2D eigenvalue weighted by Crippen LogP contribution is 2.57. The van der Waals surface area contributed by atoms with E-state index in [0.29, 0.717) is 35.4 Å². The first-order valence-corrected chi connectivity index (χ1v) is 12.7. The van der Waals surface area contributed by atoms with E-state index in [0.717, 1.165) is 22.3 Å². The van der Waals surface area contributed by atoms with Crippen molar-refractivity contribution in [2.75, 3.05) is 0 Å². The molecule has 0 bridgehead atoms. The van der Waals surface area contributed by atoms with Crippen molar-refractivity contribution in [1.82, 2.24) is 0 Å². The van der Waals surface area contributed by atoms with Crippen molar-refractivity contribution in [2.24, 2.45) is 0 Å². The number of hydrogen-bond acceptors (Lipinski definition) is 8. The number of esters is 2. The van der Waals surface area contributed by atoms with Gasteiger partial charge in [-0.05, 0) is 57.6 Å². The van der Waals surface area contributed by atoms with Gasteiger partial charge in [0.1, 0.15) is 0 Å². The smallest absolute Gasteiger partial charge is 0.336 e. The van der Waals surface area contributed by atoms with E-state index in [-0.39, 0.29) is 23.0 Å². The van der Waals surface area contributed by atoms with Crippen molar-refractivity contribution in [1.29, 1.82) is 0 Å². The average Bonchev–Trinajstić information content (AvgIpc) is 3.28. The number of benzene rings is 4. The molecule has 43 heavy (non-hydrogen) atoms. The van der Waals surface area contributed by atoms with Crippen molar-refractivity contribution < 1.29 is 49.1 Å². The zero-order valence-corrected chi connectivity index (χ0v) is 22.1. The summed E-state index contributed by atoms with van der Waals surface area (Å²) in [6, 6.07) is 24.0. The van der Waals surface area contributed by atoms with E-state index >= 15 is 0 Å². The van der Waals surface area contributed by atoms with Gasteiger partial charge in [-0.2, -0.15) is 0 Å². The Hall–Kier alpha value is -6.16. The van der Waals surface area contributed by atoms with Gasteiger partial charge in [0, 0.05) is 24.3 Å². The lowest BCUT2D eigenvalue weighted by molar-refractivity contribution is -0.133. The topological polar surface area (TPSA) is 168 Å². The Morgan fingerprint density at radius 2 is 1.05 bits per heavy atom. The largest absolute Gasteiger partial charge is 0.504 e. The Bertz CT molecular complexity index is 1800. The molecule has 0 aromatic heterocycles. The van der Waals surface area contributed by atoms with Crippen LogP contribution in [-0.4, -0.2) is 44.3 Å². The molecule has 4 N–H and O–H groups in total. The summed E-state index contributed by atoms with van der Waals surface area (Å²) < 4.78 is 10.7. The highest BCUT2D eigenvalue weighted by molar-refractivity contribution is 5.94. The van der Waals surface area contributed by atoms with E-state index in [4.69, 9.17) is 19.7 Å². The van der Waals surface area contributed by atoms with E-state index in [1.54, 1.807) is 12.1 Å². The standard InChI is InChI=1S/C33H22O10/c34-25-11-9-19(17-26(25)35)33(23-7-3-1-5-21(23)22-6-2-4-8-24(22)33)20-10-12-27(42-31(40)15-13-29(36)37)28(18-20)43-32(41)16-14-30(38)39/h1-18,34-35H,(H,36,37)(H,38,39). The first-order chi connectivity index (χ1) is 20.6. The number of carbonyl (C=O) groups excluding carboxylic acids is 2. The number of aromatic hydroxyl groups is 2. The normalized spacial score (nSPS) is 12.9. The molecule has 0 atom stereocenters. The molecule has 0 saturated carbocycles. The van der Waals surface area contributed by atoms with E-state index in [2.05, 4.69) is 0 Å². The summed E-state index contributed by atoms with van der Waals surface area (Å²) >= 11 is 0. The minimum Gasteiger partial charge on any atom is -0.504 e. The van der Waals surface area contributed by atoms with Crippen molar-refractivity contribution in [3.8, 4) is 34.1 Å². The predicted octanol–water partition coefficient (Wildman–Crippen LogP) is 4.55. The van der Waals surface area contributed by atoms with Crippen LogP contribution in [0.5, 0.6) is 23.0 Å². The lowest BCUT2D eigenvalue weighted by Crippen LogP contribution is -2.28. The number of fused-ring (bicyclic) bond motifs is 3. The van der Waals surface area contributed by atoms with Gasteiger partial charge in [-0.15, -0.1) is 0 Å². The SMILES string of the molecule is O=C(O)C=CC(=O)Oc1ccc(C2(c3ccc(O)c(O)c3)c3ccccc3-c3ccccc32)cc1OC(=O)C=CC(=O)O. The Morgan fingerprint density at radius 1 is 0.558 bits per heavy atom. The quantitative estimate of drug-likeness (QED) is 0.0887. The zero-order chi connectivity index (χ0) is 30.7. The van der Waals surface area contributed by atoms with Crippen LogP contribution in [0.25, 0.3) is 11.1 Å². The molecule has 5 rings (SSSR count). The Labute approximate surface area is 244 Å². The lowest BCUT2D eigenvalue weighted by atomic mass is 9.67. The van der Waals surface area contributed by atoms with Gasteiger partial charge in [-0.1, -0.05) is 60.7 Å². The molecule has 1 aliphatic rings. The maximum atomic E-state index is 12.6. The van der Waals surface area contributed by atoms with Gasteiger partial charge >= 0.3 is 23.9 Å². The molecule has 0 unspecified atom stereocenters. The van der Waals surface area contributed by atoms with Gasteiger partial charge in [0.15, 0.2) is 23.0 Å². The monoisotopic (exact) mass is 578 g/mol. The summed E-state index contributed by atoms with van der Waals surface area (Å²) in [5.41, 5.74) is 3.31. The van der Waals surface area contributed by atoms with Gasteiger partial charge in [-0.25, -0.2) is 19.2 Å². The van der Waals surface area contributed by atoms with E-state index < -0.39 is 29.3 Å². The molecule has 4 aromatic rings. The van der Waals surface area contributed by atoms with Gasteiger partial charge in [0.25, 0.3) is 0 Å². The number of ether oxygens (including phenoxy) is 2. The van der Waals surface area contributed by atoms with E-state index in [1.807, 2.05) is 48.5 Å². The second-order valence-corrected chi connectivity index (χ2v) is 9.39. The van der Waals surface area contributed by atoms with E-state index in [1.165, 1.54) is 24.3 Å². The Balaban J connectivity index is 1.76. The molecule has 0 saturated heterocycles. The van der Waals surface area contributed by atoms with Crippen molar-refractivity contribution >= 4 is 23.9 Å². The summed E-state index contributed by atoms with van der Waals surface area (Å²) in [5.74, 6) is -6.11. The summed E-state index contributed by atoms with van der Waals surface area (Å²) in [4.78, 5) is 46.7. The molecule has 0 spiro atoms. The van der Waals surface area contributed by atoms with Crippen LogP contribution in [0.2, 0.25) is 0 Å². The highest BCUT2D eigenvalue weighted by atomic mass is 16.6. The average molecular weight is 579 g/mol. The van der Waals surface area contributed by atoms with Crippen LogP contribution in [-0.2, 0) is 24.6 Å². The number of phenols is 2. The maximum absolute atomic E-state index is 12.6. The van der Waals surface area contributed by atoms with Crippen molar-refractivity contribution in [3.63, 3.8) is 0 Å². The molecule has 10 heteroatoms. The molecule has 0 aliphatic heterocycles. The summed E-state index contributed by atoms with van der Waals surface area (Å²) in [6.45, 7) is 0. The molecule has 0 amide bonds. The molecule has 1 aliphatic carbocycles. The zero-order valence-electron chi connectivity index (χ0n) is 22.1. The van der Waals surface area contributed by atoms with Crippen LogP contribution >= 0.6 is 0 Å². The maximum Gasteiger partial charge on any atom is 0.336 e. The molecule has 10 nitrogen and oxygen atoms in total. The van der Waals surface area contributed by atoms with Crippen molar-refractivity contribution in [3.05, 3.63) is 131 Å². The fourth-order valence-corrected chi connectivity index (χ4v) is 5.25. The second-order valence-electron chi connectivity index (χ2n) is 9.39. The minimum atomic E-state index is -1.39. The number of aliphatic carboxylic acids is 2. The summed E-state index contributed by atoms with van der Waals surface area (Å²) in [5, 5.41) is 38.4. The number of carboxylic acids is 2. The van der Waals surface area contributed by atoms with Gasteiger partial charge in [0.2, 0.25) is 0 Å². The minimum absolute atomic E-state index is 0.246. The molecule has 0 radical (unpaired) electrons. The van der Waals surface area contributed by atoms with Gasteiger partial charge < -0.3 is 29.9 Å². The number of carbonyl (C=O) groups is 4. The summed E-state index contributed by atoms with van der Waals surface area (Å²) in [6.07, 6.45) is 2.52. The molecule has 214 valence electrons. The van der Waals surface area contributed by atoms with Crippen LogP contribution in [0.3, 0.4) is 0 Å². The fourth-order valence-electron chi connectivity index (χ4n) is 5.25.